The molecule has 2 heterocycles. The van der Waals surface area contributed by atoms with Crippen LogP contribution in [-0.2, 0) is 23.7 Å². The van der Waals surface area contributed by atoms with Gasteiger partial charge >= 0.3 is 12.1 Å². The number of aliphatic hydroxyl groups excluding tert-OH is 1. The topological polar surface area (TPSA) is 107 Å². The number of ether oxygens (including phenoxy) is 4. The molecule has 1 spiro atoms. The third-order valence-electron chi connectivity index (χ3n) is 5.27. The van der Waals surface area contributed by atoms with E-state index in [1.807, 2.05) is 27.7 Å². The molecule has 8 nitrogen and oxygen atoms in total. The van der Waals surface area contributed by atoms with Crippen molar-refractivity contribution >= 4 is 12.1 Å². The minimum atomic E-state index is -0.819. The number of rotatable bonds is 6. The van der Waals surface area contributed by atoms with Crippen molar-refractivity contribution in [2.24, 2.45) is 17.8 Å². The van der Waals surface area contributed by atoms with E-state index in [4.69, 9.17) is 18.9 Å². The molecule has 0 unspecified atom stereocenters. The highest BCUT2D eigenvalue weighted by atomic mass is 16.7. The predicted octanol–water partition coefficient (Wildman–Crippen LogP) is 1.72. The molecule has 2 N–H and O–H groups in total. The Labute approximate surface area is 159 Å². The van der Waals surface area contributed by atoms with Crippen LogP contribution in [0, 0.1) is 17.8 Å². The first-order chi connectivity index (χ1) is 12.8. The molecular weight excluding hydrogens is 354 g/mol. The number of amides is 1. The van der Waals surface area contributed by atoms with Crippen LogP contribution in [-0.4, -0.2) is 54.4 Å². The van der Waals surface area contributed by atoms with Crippen LogP contribution < -0.4 is 5.32 Å². The Morgan fingerprint density at radius 2 is 2.04 bits per heavy atom. The average molecular weight is 383 g/mol. The molecular formula is C19H29NO7. The zero-order valence-corrected chi connectivity index (χ0v) is 16.3. The van der Waals surface area contributed by atoms with Crippen molar-refractivity contribution in [3.8, 4) is 0 Å². The largest absolute Gasteiger partial charge is 0.462 e. The summed E-state index contributed by atoms with van der Waals surface area (Å²) in [6.07, 6.45) is 0.422. The minimum absolute atomic E-state index is 0.0433. The first kappa shape index (κ1) is 19.9. The quantitative estimate of drug-likeness (QED) is 0.531. The standard InChI is InChI=1S/C19H29NO7/c1-10(2)5-15(22)27-17-16-13(12(7-21)8-24-17)6-14(19(16)9-25-19)26-18(23)20-11(3)4/h8,10-11,13-14,16-17,21H,5-7,9H2,1-4H3,(H,20,23)/t13-,14+,16-,17+,19-/m1/s1. The summed E-state index contributed by atoms with van der Waals surface area (Å²) in [4.78, 5) is 24.3. The van der Waals surface area contributed by atoms with Gasteiger partial charge in [-0.15, -0.1) is 0 Å². The van der Waals surface area contributed by atoms with Gasteiger partial charge in [0, 0.05) is 18.4 Å². The lowest BCUT2D eigenvalue weighted by atomic mass is 9.83. The molecule has 5 atom stereocenters. The molecule has 1 amide bonds. The summed E-state index contributed by atoms with van der Waals surface area (Å²) in [7, 11) is 0. The van der Waals surface area contributed by atoms with E-state index in [9.17, 15) is 14.7 Å². The lowest BCUT2D eigenvalue weighted by molar-refractivity contribution is -0.191. The summed E-state index contributed by atoms with van der Waals surface area (Å²) in [5.74, 6) is -0.629. The normalized spacial score (nSPS) is 34.1. The maximum atomic E-state index is 12.2. The maximum absolute atomic E-state index is 12.2. The first-order valence-corrected chi connectivity index (χ1v) is 9.52. The van der Waals surface area contributed by atoms with E-state index in [2.05, 4.69) is 5.32 Å². The van der Waals surface area contributed by atoms with Gasteiger partial charge in [0.25, 0.3) is 0 Å². The molecule has 0 bridgehead atoms. The highest BCUT2D eigenvalue weighted by Crippen LogP contribution is 2.57. The van der Waals surface area contributed by atoms with Crippen molar-refractivity contribution in [1.82, 2.24) is 5.32 Å². The smallest absolute Gasteiger partial charge is 0.407 e. The molecule has 152 valence electrons. The van der Waals surface area contributed by atoms with Crippen molar-refractivity contribution in [1.29, 1.82) is 0 Å². The van der Waals surface area contributed by atoms with Gasteiger partial charge in [-0.3, -0.25) is 4.79 Å². The summed E-state index contributed by atoms with van der Waals surface area (Å²) in [6.45, 7) is 7.80. The number of aliphatic hydroxyl groups is 1. The van der Waals surface area contributed by atoms with E-state index < -0.39 is 24.1 Å². The molecule has 0 aromatic carbocycles. The SMILES string of the molecule is CC(C)CC(=O)O[C@@H]1OC=C(CO)[C@H]2C[C@H](OC(=O)NC(C)C)[C@]3(CO3)[C@@H]12. The van der Waals surface area contributed by atoms with Crippen LogP contribution in [0.2, 0.25) is 0 Å². The molecule has 27 heavy (non-hydrogen) atoms. The molecule has 3 aliphatic rings. The molecule has 1 saturated carbocycles. The number of esters is 1. The Balaban J connectivity index is 1.77. The summed E-state index contributed by atoms with van der Waals surface area (Å²) < 4.78 is 22.6. The van der Waals surface area contributed by atoms with Crippen molar-refractivity contribution in [2.75, 3.05) is 13.2 Å². The van der Waals surface area contributed by atoms with Gasteiger partial charge in [-0.05, 0) is 31.8 Å². The zero-order chi connectivity index (χ0) is 19.8. The van der Waals surface area contributed by atoms with Gasteiger partial charge in [-0.2, -0.15) is 0 Å². The summed E-state index contributed by atoms with van der Waals surface area (Å²) in [5, 5.41) is 12.4. The second-order valence-electron chi connectivity index (χ2n) is 8.25. The summed E-state index contributed by atoms with van der Waals surface area (Å²) >= 11 is 0. The van der Waals surface area contributed by atoms with Crippen LogP contribution >= 0.6 is 0 Å². The van der Waals surface area contributed by atoms with Crippen LogP contribution in [0.25, 0.3) is 0 Å². The molecule has 8 heteroatoms. The summed E-state index contributed by atoms with van der Waals surface area (Å²) in [6, 6.07) is -0.0433. The molecule has 1 saturated heterocycles. The lowest BCUT2D eigenvalue weighted by Gasteiger charge is -2.34. The Morgan fingerprint density at radius 1 is 1.33 bits per heavy atom. The van der Waals surface area contributed by atoms with Crippen LogP contribution in [0.5, 0.6) is 0 Å². The third-order valence-corrected chi connectivity index (χ3v) is 5.27. The van der Waals surface area contributed by atoms with Crippen LogP contribution in [0.4, 0.5) is 4.79 Å². The number of epoxide rings is 1. The molecule has 0 aromatic heterocycles. The second kappa shape index (κ2) is 7.67. The Bertz CT molecular complexity index is 611. The number of alkyl carbamates (subject to hydrolysis) is 1. The zero-order valence-electron chi connectivity index (χ0n) is 16.3. The number of nitrogens with one attached hydrogen (secondary N) is 1. The van der Waals surface area contributed by atoms with E-state index in [1.54, 1.807) is 0 Å². The van der Waals surface area contributed by atoms with E-state index in [0.29, 0.717) is 25.0 Å². The van der Waals surface area contributed by atoms with Crippen LogP contribution in [0.1, 0.15) is 40.5 Å². The van der Waals surface area contributed by atoms with E-state index in [0.717, 1.165) is 0 Å². The first-order valence-electron chi connectivity index (χ1n) is 9.52. The number of hydrogen-bond donors (Lipinski definition) is 2. The van der Waals surface area contributed by atoms with E-state index in [-0.39, 0.29) is 36.4 Å². The maximum Gasteiger partial charge on any atom is 0.407 e. The van der Waals surface area contributed by atoms with Crippen molar-refractivity contribution in [2.45, 2.75) is 64.6 Å². The average Bonchev–Trinajstić information content (AvgIpc) is 3.27. The molecule has 3 rings (SSSR count). The Kier molecular flexibility index (Phi) is 5.67. The van der Waals surface area contributed by atoms with Crippen LogP contribution in [0.15, 0.2) is 11.8 Å². The highest BCUT2D eigenvalue weighted by Gasteiger charge is 2.70. The van der Waals surface area contributed by atoms with Gasteiger partial charge in [0.05, 0.1) is 25.4 Å². The monoisotopic (exact) mass is 383 g/mol. The third kappa shape index (κ3) is 4.06. The fraction of sp³-hybridized carbons (Fsp3) is 0.789. The highest BCUT2D eigenvalue weighted by molar-refractivity contribution is 5.70. The number of hydrogen-bond acceptors (Lipinski definition) is 7. The lowest BCUT2D eigenvalue weighted by Crippen LogP contribution is -2.45. The van der Waals surface area contributed by atoms with E-state index >= 15 is 0 Å². The second-order valence-corrected chi connectivity index (χ2v) is 8.25. The minimum Gasteiger partial charge on any atom is -0.462 e. The van der Waals surface area contributed by atoms with Gasteiger partial charge in [0.15, 0.2) is 0 Å². The Morgan fingerprint density at radius 3 is 2.59 bits per heavy atom. The van der Waals surface area contributed by atoms with Gasteiger partial charge in [-0.25, -0.2) is 4.79 Å². The molecule has 2 aliphatic heterocycles. The number of fused-ring (bicyclic) bond motifs is 2. The van der Waals surface area contributed by atoms with Gasteiger partial charge in [-0.1, -0.05) is 13.8 Å². The summed E-state index contributed by atoms with van der Waals surface area (Å²) in [5.41, 5.74) is -0.0439. The Hall–Kier alpha value is -1.80. The fourth-order valence-electron chi connectivity index (χ4n) is 4.04. The predicted molar refractivity (Wildman–Crippen MR) is 94.4 cm³/mol. The van der Waals surface area contributed by atoms with Gasteiger partial charge in [0.1, 0.15) is 11.7 Å². The van der Waals surface area contributed by atoms with Crippen molar-refractivity contribution < 1.29 is 33.6 Å². The molecule has 0 radical (unpaired) electrons. The molecule has 0 aromatic rings. The number of carbonyl (C=O) groups excluding carboxylic acids is 2. The fourth-order valence-corrected chi connectivity index (χ4v) is 4.04. The van der Waals surface area contributed by atoms with Crippen LogP contribution in [0.3, 0.4) is 0 Å². The van der Waals surface area contributed by atoms with E-state index in [1.165, 1.54) is 6.26 Å². The molecule has 1 aliphatic carbocycles. The van der Waals surface area contributed by atoms with Crippen molar-refractivity contribution in [3.63, 3.8) is 0 Å². The van der Waals surface area contributed by atoms with Gasteiger partial charge < -0.3 is 29.4 Å². The number of carbonyl (C=O) groups is 2. The van der Waals surface area contributed by atoms with Crippen molar-refractivity contribution in [3.05, 3.63) is 11.8 Å². The molecule has 2 fully saturated rings. The van der Waals surface area contributed by atoms with Gasteiger partial charge in [0.2, 0.25) is 6.29 Å².